The molecule has 1 atom stereocenters. The van der Waals surface area contributed by atoms with E-state index in [1.807, 2.05) is 35.6 Å². The van der Waals surface area contributed by atoms with Crippen LogP contribution in [0.25, 0.3) is 0 Å². The fourth-order valence-corrected chi connectivity index (χ4v) is 6.05. The van der Waals surface area contributed by atoms with Gasteiger partial charge in [-0.1, -0.05) is 48.0 Å². The molecule has 0 spiro atoms. The highest BCUT2D eigenvalue weighted by Gasteiger charge is 2.38. The molecule has 0 saturated heterocycles. The van der Waals surface area contributed by atoms with E-state index in [2.05, 4.69) is 35.3 Å². The van der Waals surface area contributed by atoms with Crippen molar-refractivity contribution in [2.75, 3.05) is 11.7 Å². The van der Waals surface area contributed by atoms with Gasteiger partial charge < -0.3 is 4.90 Å². The third-order valence-electron chi connectivity index (χ3n) is 6.29. The molecule has 0 aliphatic carbocycles. The maximum atomic E-state index is 13.4. The van der Waals surface area contributed by atoms with Crippen molar-refractivity contribution in [2.24, 2.45) is 0 Å². The molecule has 7 heteroatoms. The van der Waals surface area contributed by atoms with E-state index in [0.29, 0.717) is 17.9 Å². The zero-order chi connectivity index (χ0) is 22.6. The predicted octanol–water partition coefficient (Wildman–Crippen LogP) is 4.97. The molecule has 2 aliphatic heterocycles. The topological polar surface area (TPSA) is 45.6 Å². The van der Waals surface area contributed by atoms with Gasteiger partial charge >= 0.3 is 0 Å². The van der Waals surface area contributed by atoms with Crippen LogP contribution in [-0.2, 0) is 5.75 Å². The molecule has 164 valence electrons. The van der Waals surface area contributed by atoms with Gasteiger partial charge in [-0.05, 0) is 43.5 Å². The summed E-state index contributed by atoms with van der Waals surface area (Å²) in [6.45, 7) is 6.14. The summed E-state index contributed by atoms with van der Waals surface area (Å²) >= 11 is 8.40. The first-order valence-corrected chi connectivity index (χ1v) is 12.0. The normalized spacial score (nSPS) is 17.7. The first-order chi connectivity index (χ1) is 15.4. The molecule has 3 heterocycles. The highest BCUT2D eigenvalue weighted by atomic mass is 35.5. The number of rotatable bonds is 2. The van der Waals surface area contributed by atoms with Gasteiger partial charge in [0.25, 0.3) is 5.91 Å². The fraction of sp³-hybridized carbons (Fsp3) is 0.280. The van der Waals surface area contributed by atoms with E-state index in [9.17, 15) is 9.59 Å². The van der Waals surface area contributed by atoms with E-state index in [4.69, 9.17) is 11.6 Å². The van der Waals surface area contributed by atoms with Gasteiger partial charge in [0, 0.05) is 34.5 Å². The Morgan fingerprint density at radius 2 is 1.78 bits per heavy atom. The molecular weight excluding hydrogens is 442 g/mol. The fourth-order valence-electron chi connectivity index (χ4n) is 4.59. The van der Waals surface area contributed by atoms with Crippen LogP contribution in [0.15, 0.2) is 64.4 Å². The smallest absolute Gasteiger partial charge is 0.274 e. The van der Waals surface area contributed by atoms with Crippen LogP contribution in [0.4, 0.5) is 0 Å². The number of hydrogen-bond donors (Lipinski definition) is 0. The summed E-state index contributed by atoms with van der Waals surface area (Å²) < 4.78 is 1.88. The minimum absolute atomic E-state index is 0.0114. The Hall–Kier alpha value is -2.70. The molecule has 0 saturated carbocycles. The third kappa shape index (κ3) is 3.24. The number of nitrogens with zero attached hydrogens (tertiary/aromatic N) is 3. The molecule has 0 bridgehead atoms. The summed E-state index contributed by atoms with van der Waals surface area (Å²) in [6.07, 6.45) is 1.73. The first-order valence-electron chi connectivity index (χ1n) is 10.7. The van der Waals surface area contributed by atoms with Crippen LogP contribution in [0.1, 0.15) is 52.6 Å². The van der Waals surface area contributed by atoms with Crippen molar-refractivity contribution in [3.63, 3.8) is 0 Å². The maximum absolute atomic E-state index is 13.4. The van der Waals surface area contributed by atoms with Gasteiger partial charge in [0.15, 0.2) is 5.43 Å². The number of aromatic nitrogens is 1. The van der Waals surface area contributed by atoms with Crippen molar-refractivity contribution in [2.45, 2.75) is 43.5 Å². The molecule has 3 aromatic rings. The Morgan fingerprint density at radius 3 is 2.56 bits per heavy atom. The number of hydrogen-bond acceptors (Lipinski definition) is 4. The summed E-state index contributed by atoms with van der Waals surface area (Å²) in [7, 11) is 0. The molecule has 0 radical (unpaired) electrons. The average Bonchev–Trinajstić information content (AvgIpc) is 2.94. The van der Waals surface area contributed by atoms with Gasteiger partial charge in [0.2, 0.25) is 0 Å². The lowest BCUT2D eigenvalue weighted by Gasteiger charge is -2.45. The Labute approximate surface area is 196 Å². The van der Waals surface area contributed by atoms with Crippen molar-refractivity contribution in [3.8, 4) is 0 Å². The van der Waals surface area contributed by atoms with Crippen molar-refractivity contribution in [3.05, 3.63) is 97.9 Å². The molecule has 0 N–H and O–H groups in total. The Bertz CT molecular complexity index is 1290. The second kappa shape index (κ2) is 8.01. The monoisotopic (exact) mass is 465 g/mol. The summed E-state index contributed by atoms with van der Waals surface area (Å²) in [6, 6.07) is 15.8. The predicted molar refractivity (Wildman–Crippen MR) is 129 cm³/mol. The van der Waals surface area contributed by atoms with Crippen LogP contribution < -0.4 is 10.4 Å². The molecule has 2 aromatic carbocycles. The number of carbonyl (C=O) groups excluding carboxylic acids is 1. The van der Waals surface area contributed by atoms with Gasteiger partial charge in [-0.3, -0.25) is 19.3 Å². The third-order valence-corrected chi connectivity index (χ3v) is 7.92. The number of amides is 1. The molecule has 1 unspecified atom stereocenters. The average molecular weight is 466 g/mol. The summed E-state index contributed by atoms with van der Waals surface area (Å²) in [5, 5.41) is 2.92. The minimum Gasteiger partial charge on any atom is -0.316 e. The number of halogens is 1. The lowest BCUT2D eigenvalue weighted by Crippen LogP contribution is -2.57. The molecule has 1 amide bonds. The van der Waals surface area contributed by atoms with Crippen LogP contribution in [0.2, 0.25) is 5.02 Å². The summed E-state index contributed by atoms with van der Waals surface area (Å²) in [5.41, 5.74) is 4.29. The second-order valence-corrected chi connectivity index (χ2v) is 9.89. The lowest BCUT2D eigenvalue weighted by atomic mass is 9.94. The van der Waals surface area contributed by atoms with Gasteiger partial charge in [-0.15, -0.1) is 11.8 Å². The van der Waals surface area contributed by atoms with Gasteiger partial charge in [-0.25, -0.2) is 0 Å². The Morgan fingerprint density at radius 1 is 1.03 bits per heavy atom. The zero-order valence-electron chi connectivity index (χ0n) is 18.2. The number of fused-ring (bicyclic) bond motifs is 3. The van der Waals surface area contributed by atoms with Gasteiger partial charge in [0.05, 0.1) is 11.1 Å². The Balaban J connectivity index is 1.80. The molecule has 1 aromatic heterocycles. The largest absolute Gasteiger partial charge is 0.316 e. The van der Waals surface area contributed by atoms with Crippen LogP contribution in [0, 0.1) is 6.92 Å². The van der Waals surface area contributed by atoms with E-state index in [-0.39, 0.29) is 23.4 Å². The summed E-state index contributed by atoms with van der Waals surface area (Å²) in [5.74, 6) is 0.703. The highest BCUT2D eigenvalue weighted by molar-refractivity contribution is 7.98. The van der Waals surface area contributed by atoms with E-state index in [0.717, 1.165) is 21.2 Å². The van der Waals surface area contributed by atoms with Gasteiger partial charge in [-0.2, -0.15) is 0 Å². The standard InChI is InChI=1S/C25H24ClN3O2S/c1-15(2)27-14-29(28-12-11-21(30)16(3)22(28)25(27)31)23-18-8-5-4-7-17(18)13-32-24-19(23)9-6-10-20(24)26/h4-12,15,23H,13-14H2,1-3H3. The maximum Gasteiger partial charge on any atom is 0.274 e. The second-order valence-electron chi connectivity index (χ2n) is 8.50. The molecule has 2 aliphatic rings. The lowest BCUT2D eigenvalue weighted by molar-refractivity contribution is 0.0625. The van der Waals surface area contributed by atoms with E-state index in [1.54, 1.807) is 30.9 Å². The van der Waals surface area contributed by atoms with Crippen LogP contribution in [-0.4, -0.2) is 28.2 Å². The highest BCUT2D eigenvalue weighted by Crippen LogP contribution is 2.45. The molecule has 5 nitrogen and oxygen atoms in total. The first kappa shape index (κ1) is 21.2. The SMILES string of the molecule is Cc1c2n(ccc1=O)N(C1c3ccccc3CSc3c(Cl)cccc31)CN(C(C)C)C2=O. The zero-order valence-corrected chi connectivity index (χ0v) is 19.8. The number of pyridine rings is 1. The molecule has 32 heavy (non-hydrogen) atoms. The van der Waals surface area contributed by atoms with Crippen LogP contribution >= 0.6 is 23.4 Å². The van der Waals surface area contributed by atoms with Crippen LogP contribution in [0.5, 0.6) is 0 Å². The van der Waals surface area contributed by atoms with Crippen molar-refractivity contribution in [1.29, 1.82) is 0 Å². The molecule has 5 rings (SSSR count). The summed E-state index contributed by atoms with van der Waals surface area (Å²) in [4.78, 5) is 28.7. The van der Waals surface area contributed by atoms with E-state index < -0.39 is 0 Å². The minimum atomic E-state index is -0.162. The van der Waals surface area contributed by atoms with Gasteiger partial charge in [0.1, 0.15) is 12.4 Å². The van der Waals surface area contributed by atoms with E-state index >= 15 is 0 Å². The number of benzene rings is 2. The van der Waals surface area contributed by atoms with E-state index in [1.165, 1.54) is 11.1 Å². The molecular formula is C25H24ClN3O2S. The Kier molecular flexibility index (Phi) is 5.30. The number of carbonyl (C=O) groups is 1. The van der Waals surface area contributed by atoms with Crippen molar-refractivity contribution >= 4 is 29.3 Å². The molecule has 0 fully saturated rings. The quantitative estimate of drug-likeness (QED) is 0.536. The van der Waals surface area contributed by atoms with Crippen molar-refractivity contribution < 1.29 is 4.79 Å². The van der Waals surface area contributed by atoms with Crippen molar-refractivity contribution in [1.82, 2.24) is 9.58 Å². The number of thioether (sulfide) groups is 1. The van der Waals surface area contributed by atoms with Crippen LogP contribution in [0.3, 0.4) is 0 Å².